The molecular weight excluding hydrogens is 473 g/mol. The predicted molar refractivity (Wildman–Crippen MR) is 141 cm³/mol. The molecule has 0 spiro atoms. The zero-order chi connectivity index (χ0) is 26.1. The second-order valence-electron chi connectivity index (χ2n) is 9.70. The number of methoxy groups -OCH3 is 2. The summed E-state index contributed by atoms with van der Waals surface area (Å²) >= 11 is 0. The molecular formula is C29H38FN3O4. The van der Waals surface area contributed by atoms with Crippen LogP contribution in [0.2, 0.25) is 0 Å². The van der Waals surface area contributed by atoms with Gasteiger partial charge in [0.2, 0.25) is 0 Å². The highest BCUT2D eigenvalue weighted by atomic mass is 19.1. The number of ether oxygens (including phenoxy) is 4. The van der Waals surface area contributed by atoms with E-state index in [-0.39, 0.29) is 11.6 Å². The Kier molecular flexibility index (Phi) is 9.41. The van der Waals surface area contributed by atoms with E-state index in [0.29, 0.717) is 13.2 Å². The second-order valence-corrected chi connectivity index (χ2v) is 9.70. The van der Waals surface area contributed by atoms with Gasteiger partial charge in [0.05, 0.1) is 19.9 Å². The topological polar surface area (TPSA) is 58.0 Å². The molecule has 37 heavy (non-hydrogen) atoms. The number of para-hydroxylation sites is 1. The molecule has 1 atom stereocenters. The summed E-state index contributed by atoms with van der Waals surface area (Å²) < 4.78 is 39.4. The van der Waals surface area contributed by atoms with E-state index >= 15 is 0 Å². The summed E-state index contributed by atoms with van der Waals surface area (Å²) in [6.45, 7) is 6.38. The second kappa shape index (κ2) is 12.9. The van der Waals surface area contributed by atoms with Gasteiger partial charge in [-0.2, -0.15) is 5.10 Å². The normalized spacial score (nSPS) is 18.4. The average Bonchev–Trinajstić information content (AvgIpc) is 3.22. The summed E-state index contributed by atoms with van der Waals surface area (Å²) in [6, 6.07) is 12.6. The minimum absolute atomic E-state index is 0.269. The first-order chi connectivity index (χ1) is 18.0. The lowest BCUT2D eigenvalue weighted by atomic mass is 9.95. The van der Waals surface area contributed by atoms with Crippen molar-refractivity contribution >= 4 is 0 Å². The van der Waals surface area contributed by atoms with Crippen LogP contribution in [0, 0.1) is 12.7 Å². The maximum Gasteiger partial charge on any atom is 0.165 e. The van der Waals surface area contributed by atoms with Crippen LogP contribution in [0.15, 0.2) is 54.9 Å². The molecule has 2 aromatic carbocycles. The van der Waals surface area contributed by atoms with Crippen LogP contribution in [0.25, 0.3) is 0 Å². The van der Waals surface area contributed by atoms with Crippen LogP contribution in [0.4, 0.5) is 4.39 Å². The van der Waals surface area contributed by atoms with Gasteiger partial charge in [-0.15, -0.1) is 0 Å². The minimum Gasteiger partial charge on any atom is -0.493 e. The standard InChI is InChI=1S/C29H38FN3O4/c1-23-19-31-33(20-23)15-7-17-36-28-18-24(10-11-27(28)34-2)21-32-14-6-12-29(35-3,13-16-32)22-37-26-9-5-4-8-25(26)30/h4-5,8-11,18-20H,6-7,12-17,21-22H2,1-3H3/t29-/m0/s1. The maximum atomic E-state index is 14.0. The van der Waals surface area contributed by atoms with E-state index in [1.165, 1.54) is 11.6 Å². The number of likely N-dealkylation sites (tertiary alicyclic amines) is 1. The van der Waals surface area contributed by atoms with Gasteiger partial charge in [-0.05, 0) is 68.1 Å². The first-order valence-corrected chi connectivity index (χ1v) is 12.9. The van der Waals surface area contributed by atoms with Gasteiger partial charge < -0.3 is 18.9 Å². The van der Waals surface area contributed by atoms with Crippen LogP contribution < -0.4 is 14.2 Å². The van der Waals surface area contributed by atoms with Gasteiger partial charge in [0.15, 0.2) is 23.1 Å². The van der Waals surface area contributed by atoms with Crippen molar-refractivity contribution in [2.75, 3.05) is 40.5 Å². The van der Waals surface area contributed by atoms with Gasteiger partial charge >= 0.3 is 0 Å². The van der Waals surface area contributed by atoms with Crippen LogP contribution in [0.5, 0.6) is 17.2 Å². The first kappa shape index (κ1) is 26.9. The van der Waals surface area contributed by atoms with Crippen molar-refractivity contribution in [2.24, 2.45) is 0 Å². The number of halogens is 1. The van der Waals surface area contributed by atoms with Crippen LogP contribution in [-0.4, -0.2) is 60.8 Å². The van der Waals surface area contributed by atoms with Crippen molar-refractivity contribution in [2.45, 2.75) is 51.3 Å². The molecule has 1 aromatic heterocycles. The van der Waals surface area contributed by atoms with E-state index in [4.69, 9.17) is 18.9 Å². The Morgan fingerprint density at radius 1 is 1.00 bits per heavy atom. The van der Waals surface area contributed by atoms with Gasteiger partial charge in [-0.25, -0.2) is 4.39 Å². The average molecular weight is 512 g/mol. The third-order valence-corrected chi connectivity index (χ3v) is 6.94. The monoisotopic (exact) mass is 511 g/mol. The molecule has 0 bridgehead atoms. The van der Waals surface area contributed by atoms with Gasteiger partial charge in [0.1, 0.15) is 12.2 Å². The maximum absolute atomic E-state index is 14.0. The van der Waals surface area contributed by atoms with E-state index in [9.17, 15) is 4.39 Å². The molecule has 2 heterocycles. The summed E-state index contributed by atoms with van der Waals surface area (Å²) in [4.78, 5) is 2.43. The van der Waals surface area contributed by atoms with Crippen molar-refractivity contribution in [1.29, 1.82) is 0 Å². The fourth-order valence-electron chi connectivity index (χ4n) is 4.75. The Balaban J connectivity index is 1.31. The third-order valence-electron chi connectivity index (χ3n) is 6.94. The molecule has 1 aliphatic rings. The van der Waals surface area contributed by atoms with Gasteiger partial charge in [0.25, 0.3) is 0 Å². The highest BCUT2D eigenvalue weighted by Crippen LogP contribution is 2.31. The Morgan fingerprint density at radius 3 is 2.62 bits per heavy atom. The molecule has 200 valence electrons. The predicted octanol–water partition coefficient (Wildman–Crippen LogP) is 5.26. The Morgan fingerprint density at radius 2 is 1.86 bits per heavy atom. The summed E-state index contributed by atoms with van der Waals surface area (Å²) in [7, 11) is 3.39. The minimum atomic E-state index is -0.432. The summed E-state index contributed by atoms with van der Waals surface area (Å²) in [5.41, 5.74) is 1.90. The summed E-state index contributed by atoms with van der Waals surface area (Å²) in [5, 5.41) is 4.33. The Labute approximate surface area is 219 Å². The van der Waals surface area contributed by atoms with Crippen LogP contribution in [-0.2, 0) is 17.8 Å². The molecule has 3 aromatic rings. The lowest BCUT2D eigenvalue weighted by Gasteiger charge is -2.31. The fourth-order valence-corrected chi connectivity index (χ4v) is 4.75. The molecule has 0 N–H and O–H groups in total. The highest BCUT2D eigenvalue weighted by Gasteiger charge is 2.34. The van der Waals surface area contributed by atoms with E-state index < -0.39 is 5.60 Å². The Bertz CT molecular complexity index is 1140. The van der Waals surface area contributed by atoms with Crippen LogP contribution in [0.3, 0.4) is 0 Å². The first-order valence-electron chi connectivity index (χ1n) is 12.9. The molecule has 1 fully saturated rings. The van der Waals surface area contributed by atoms with Crippen LogP contribution >= 0.6 is 0 Å². The number of hydrogen-bond acceptors (Lipinski definition) is 6. The quantitative estimate of drug-likeness (QED) is 0.309. The Hall–Kier alpha value is -3.10. The fraction of sp³-hybridized carbons (Fsp3) is 0.483. The molecule has 1 aliphatic heterocycles. The SMILES string of the molecule is COc1ccc(CN2CCC[C@](COc3ccccc3F)(OC)CC2)cc1OCCCn1cc(C)cn1. The van der Waals surface area contributed by atoms with E-state index in [1.807, 2.05) is 30.1 Å². The number of benzene rings is 2. The molecule has 8 heteroatoms. The molecule has 0 radical (unpaired) electrons. The number of aryl methyl sites for hydroxylation is 2. The van der Waals surface area contributed by atoms with Crippen LogP contribution in [0.1, 0.15) is 36.8 Å². The number of nitrogens with zero attached hydrogens (tertiary/aromatic N) is 3. The van der Waals surface area contributed by atoms with E-state index in [0.717, 1.165) is 68.9 Å². The molecule has 0 amide bonds. The van der Waals surface area contributed by atoms with Crippen molar-refractivity contribution < 1.29 is 23.3 Å². The molecule has 7 nitrogen and oxygen atoms in total. The molecule has 4 rings (SSSR count). The number of aromatic nitrogens is 2. The summed E-state index contributed by atoms with van der Waals surface area (Å²) in [5.74, 6) is 1.41. The number of hydrogen-bond donors (Lipinski definition) is 0. The molecule has 0 unspecified atom stereocenters. The zero-order valence-corrected chi connectivity index (χ0v) is 22.1. The molecule has 0 saturated carbocycles. The summed E-state index contributed by atoms with van der Waals surface area (Å²) in [6.07, 6.45) is 7.40. The smallest absolute Gasteiger partial charge is 0.165 e. The van der Waals surface area contributed by atoms with Gasteiger partial charge in [0, 0.05) is 39.4 Å². The van der Waals surface area contributed by atoms with Crippen molar-refractivity contribution in [1.82, 2.24) is 14.7 Å². The third kappa shape index (κ3) is 7.46. The van der Waals surface area contributed by atoms with Crippen molar-refractivity contribution in [3.63, 3.8) is 0 Å². The van der Waals surface area contributed by atoms with Gasteiger partial charge in [-0.3, -0.25) is 9.58 Å². The van der Waals surface area contributed by atoms with Crippen molar-refractivity contribution in [3.8, 4) is 17.2 Å². The number of rotatable bonds is 12. The lowest BCUT2D eigenvalue weighted by molar-refractivity contribution is -0.0548. The zero-order valence-electron chi connectivity index (χ0n) is 22.1. The van der Waals surface area contributed by atoms with Crippen molar-refractivity contribution in [3.05, 3.63) is 71.8 Å². The van der Waals surface area contributed by atoms with E-state index in [2.05, 4.69) is 22.1 Å². The molecule has 0 aliphatic carbocycles. The highest BCUT2D eigenvalue weighted by molar-refractivity contribution is 5.43. The van der Waals surface area contributed by atoms with E-state index in [1.54, 1.807) is 32.4 Å². The largest absolute Gasteiger partial charge is 0.493 e. The molecule has 1 saturated heterocycles. The lowest BCUT2D eigenvalue weighted by Crippen LogP contribution is -2.39. The van der Waals surface area contributed by atoms with Gasteiger partial charge in [-0.1, -0.05) is 18.2 Å².